The SMILES string of the molecule is CCNC(Cc1cccc(OC)c1F)c1cc(Br)cs1. The zero-order chi connectivity index (χ0) is 14.5. The Morgan fingerprint density at radius 1 is 1.45 bits per heavy atom. The van der Waals surface area contributed by atoms with Gasteiger partial charge >= 0.3 is 0 Å². The summed E-state index contributed by atoms with van der Waals surface area (Å²) in [4.78, 5) is 1.20. The van der Waals surface area contributed by atoms with Gasteiger partial charge in [-0.1, -0.05) is 19.1 Å². The maximum absolute atomic E-state index is 14.2. The summed E-state index contributed by atoms with van der Waals surface area (Å²) >= 11 is 5.13. The first kappa shape index (κ1) is 15.5. The van der Waals surface area contributed by atoms with Gasteiger partial charge in [0.15, 0.2) is 11.6 Å². The lowest BCUT2D eigenvalue weighted by atomic mass is 10.0. The molecule has 1 aromatic heterocycles. The number of benzene rings is 1. The van der Waals surface area contributed by atoms with E-state index in [2.05, 4.69) is 34.2 Å². The smallest absolute Gasteiger partial charge is 0.168 e. The molecule has 0 bridgehead atoms. The molecule has 0 saturated carbocycles. The third kappa shape index (κ3) is 3.59. The Balaban J connectivity index is 2.24. The molecular formula is C15H17BrFNOS. The molecule has 0 aliphatic heterocycles. The van der Waals surface area contributed by atoms with E-state index in [-0.39, 0.29) is 11.9 Å². The summed E-state index contributed by atoms with van der Waals surface area (Å²) in [5, 5.41) is 5.45. The van der Waals surface area contributed by atoms with Crippen molar-refractivity contribution in [3.63, 3.8) is 0 Å². The van der Waals surface area contributed by atoms with Crippen LogP contribution in [0.15, 0.2) is 34.1 Å². The second-order valence-electron chi connectivity index (χ2n) is 4.42. The van der Waals surface area contributed by atoms with Crippen LogP contribution >= 0.6 is 27.3 Å². The van der Waals surface area contributed by atoms with E-state index in [0.717, 1.165) is 11.0 Å². The van der Waals surface area contributed by atoms with E-state index in [9.17, 15) is 4.39 Å². The zero-order valence-corrected chi connectivity index (χ0v) is 13.9. The van der Waals surface area contributed by atoms with Gasteiger partial charge in [0.1, 0.15) is 0 Å². The number of rotatable bonds is 6. The molecule has 20 heavy (non-hydrogen) atoms. The van der Waals surface area contributed by atoms with Crippen LogP contribution in [-0.2, 0) is 6.42 Å². The van der Waals surface area contributed by atoms with Crippen molar-refractivity contribution in [3.05, 3.63) is 50.4 Å². The van der Waals surface area contributed by atoms with Crippen LogP contribution < -0.4 is 10.1 Å². The highest BCUT2D eigenvalue weighted by molar-refractivity contribution is 9.10. The molecule has 0 radical (unpaired) electrons. The van der Waals surface area contributed by atoms with E-state index in [1.165, 1.54) is 12.0 Å². The average molecular weight is 358 g/mol. The molecule has 1 atom stereocenters. The highest BCUT2D eigenvalue weighted by Crippen LogP contribution is 2.30. The minimum atomic E-state index is -0.270. The van der Waals surface area contributed by atoms with Gasteiger partial charge in [-0.2, -0.15) is 0 Å². The third-order valence-electron chi connectivity index (χ3n) is 3.07. The largest absolute Gasteiger partial charge is 0.494 e. The molecule has 2 nitrogen and oxygen atoms in total. The lowest BCUT2D eigenvalue weighted by Crippen LogP contribution is -2.22. The van der Waals surface area contributed by atoms with Gasteiger partial charge in [-0.3, -0.25) is 0 Å². The fraction of sp³-hybridized carbons (Fsp3) is 0.333. The fourth-order valence-electron chi connectivity index (χ4n) is 2.12. The first-order chi connectivity index (χ1) is 9.65. The van der Waals surface area contributed by atoms with Crippen molar-refractivity contribution in [2.75, 3.05) is 13.7 Å². The number of thiophene rings is 1. The Morgan fingerprint density at radius 3 is 2.85 bits per heavy atom. The molecule has 0 spiro atoms. The number of ether oxygens (including phenoxy) is 1. The van der Waals surface area contributed by atoms with Crippen LogP contribution in [0.5, 0.6) is 5.75 Å². The van der Waals surface area contributed by atoms with Gasteiger partial charge in [0, 0.05) is 20.8 Å². The van der Waals surface area contributed by atoms with E-state index < -0.39 is 0 Å². The number of methoxy groups -OCH3 is 1. The van der Waals surface area contributed by atoms with Crippen molar-refractivity contribution < 1.29 is 9.13 Å². The Kier molecular flexibility index (Phi) is 5.57. The molecule has 0 aliphatic carbocycles. The highest BCUT2D eigenvalue weighted by Gasteiger charge is 2.17. The van der Waals surface area contributed by atoms with Crippen molar-refractivity contribution in [2.45, 2.75) is 19.4 Å². The van der Waals surface area contributed by atoms with Gasteiger partial charge in [0.2, 0.25) is 0 Å². The molecule has 5 heteroatoms. The molecular weight excluding hydrogens is 341 g/mol. The van der Waals surface area contributed by atoms with Crippen LogP contribution in [0.4, 0.5) is 4.39 Å². The Morgan fingerprint density at radius 2 is 2.25 bits per heavy atom. The van der Waals surface area contributed by atoms with E-state index in [1.807, 2.05) is 17.5 Å². The minimum Gasteiger partial charge on any atom is -0.494 e. The van der Waals surface area contributed by atoms with E-state index in [1.54, 1.807) is 17.4 Å². The summed E-state index contributed by atoms with van der Waals surface area (Å²) in [6, 6.07) is 7.46. The summed E-state index contributed by atoms with van der Waals surface area (Å²) in [7, 11) is 1.49. The van der Waals surface area contributed by atoms with Crippen LogP contribution in [0.1, 0.15) is 23.4 Å². The van der Waals surface area contributed by atoms with Crippen molar-refractivity contribution in [3.8, 4) is 5.75 Å². The van der Waals surface area contributed by atoms with Gasteiger partial charge in [-0.15, -0.1) is 11.3 Å². The van der Waals surface area contributed by atoms with Gasteiger partial charge < -0.3 is 10.1 Å². The Labute approximate surface area is 131 Å². The zero-order valence-electron chi connectivity index (χ0n) is 11.5. The van der Waals surface area contributed by atoms with Crippen molar-refractivity contribution >= 4 is 27.3 Å². The summed E-state index contributed by atoms with van der Waals surface area (Å²) in [6.45, 7) is 2.89. The molecule has 108 valence electrons. The molecule has 1 N–H and O–H groups in total. The van der Waals surface area contributed by atoms with E-state index >= 15 is 0 Å². The van der Waals surface area contributed by atoms with Gasteiger partial charge in [-0.25, -0.2) is 4.39 Å². The maximum Gasteiger partial charge on any atom is 0.168 e. The molecule has 2 aromatic rings. The standard InChI is InChI=1S/C15H17BrFNOS/c1-3-18-12(14-8-11(16)9-20-14)7-10-5-4-6-13(19-2)15(10)17/h4-6,8-9,12,18H,3,7H2,1-2H3. The second kappa shape index (κ2) is 7.20. The normalized spacial score (nSPS) is 12.4. The number of nitrogens with one attached hydrogen (secondary N) is 1. The first-order valence-corrected chi connectivity index (χ1v) is 8.11. The van der Waals surface area contributed by atoms with Crippen molar-refractivity contribution in [1.82, 2.24) is 5.32 Å². The summed E-state index contributed by atoms with van der Waals surface area (Å²) in [5.41, 5.74) is 0.667. The molecule has 0 saturated heterocycles. The van der Waals surface area contributed by atoms with Crippen molar-refractivity contribution in [1.29, 1.82) is 0 Å². The third-order valence-corrected chi connectivity index (χ3v) is 4.88. The first-order valence-electron chi connectivity index (χ1n) is 6.44. The van der Waals surface area contributed by atoms with Gasteiger partial charge in [-0.05, 0) is 46.6 Å². The Bertz CT molecular complexity index is 573. The van der Waals surface area contributed by atoms with E-state index in [0.29, 0.717) is 17.7 Å². The highest BCUT2D eigenvalue weighted by atomic mass is 79.9. The van der Waals surface area contributed by atoms with Crippen LogP contribution in [-0.4, -0.2) is 13.7 Å². The second-order valence-corrected chi connectivity index (χ2v) is 6.27. The van der Waals surface area contributed by atoms with Crippen molar-refractivity contribution in [2.24, 2.45) is 0 Å². The number of hydrogen-bond acceptors (Lipinski definition) is 3. The molecule has 1 heterocycles. The molecule has 0 aliphatic rings. The maximum atomic E-state index is 14.2. The van der Waals surface area contributed by atoms with E-state index in [4.69, 9.17) is 4.74 Å². The fourth-order valence-corrected chi connectivity index (χ4v) is 3.64. The number of hydrogen-bond donors (Lipinski definition) is 1. The molecule has 0 fully saturated rings. The predicted octanol–water partition coefficient (Wildman–Crippen LogP) is 4.55. The average Bonchev–Trinajstić information content (AvgIpc) is 2.87. The summed E-state index contributed by atoms with van der Waals surface area (Å²) < 4.78 is 20.3. The number of halogens is 2. The Hall–Kier alpha value is -0.910. The van der Waals surface area contributed by atoms with Crippen LogP contribution in [0.2, 0.25) is 0 Å². The molecule has 2 rings (SSSR count). The molecule has 1 aromatic carbocycles. The van der Waals surface area contributed by atoms with Crippen LogP contribution in [0.25, 0.3) is 0 Å². The topological polar surface area (TPSA) is 21.3 Å². The summed E-state index contributed by atoms with van der Waals surface area (Å²) in [6.07, 6.45) is 0.601. The quantitative estimate of drug-likeness (QED) is 0.818. The lowest BCUT2D eigenvalue weighted by Gasteiger charge is -2.17. The lowest BCUT2D eigenvalue weighted by molar-refractivity contribution is 0.382. The minimum absolute atomic E-state index is 0.109. The number of likely N-dealkylation sites (N-methyl/N-ethyl adjacent to an activating group) is 1. The molecule has 0 amide bonds. The van der Waals surface area contributed by atoms with Gasteiger partial charge in [0.25, 0.3) is 0 Å². The predicted molar refractivity (Wildman–Crippen MR) is 85.1 cm³/mol. The summed E-state index contributed by atoms with van der Waals surface area (Å²) in [5.74, 6) is 0.0265. The van der Waals surface area contributed by atoms with Crippen LogP contribution in [0.3, 0.4) is 0 Å². The molecule has 1 unspecified atom stereocenters. The van der Waals surface area contributed by atoms with Gasteiger partial charge in [0.05, 0.1) is 7.11 Å². The van der Waals surface area contributed by atoms with Crippen LogP contribution in [0, 0.1) is 5.82 Å². The monoisotopic (exact) mass is 357 g/mol.